The summed E-state index contributed by atoms with van der Waals surface area (Å²) in [5, 5.41) is 17.7. The standard InChI is InChI=1S/C10H11FO2/c11-9-4-5-10(13)8(7-9)3-1-2-6-12/h1,3-5,7,12-13H,2,6H2. The van der Waals surface area contributed by atoms with Gasteiger partial charge in [-0.2, -0.15) is 0 Å². The highest BCUT2D eigenvalue weighted by Gasteiger charge is 1.97. The summed E-state index contributed by atoms with van der Waals surface area (Å²) in [6.45, 7) is 0.0482. The minimum absolute atomic E-state index is 0.0376. The van der Waals surface area contributed by atoms with Gasteiger partial charge in [0.15, 0.2) is 0 Å². The van der Waals surface area contributed by atoms with Gasteiger partial charge in [0, 0.05) is 12.2 Å². The van der Waals surface area contributed by atoms with Gasteiger partial charge in [0.25, 0.3) is 0 Å². The molecule has 0 amide bonds. The summed E-state index contributed by atoms with van der Waals surface area (Å²) in [5.41, 5.74) is 0.424. The number of hydrogen-bond donors (Lipinski definition) is 2. The Labute approximate surface area is 76.0 Å². The summed E-state index contributed by atoms with van der Waals surface area (Å²) in [6, 6.07) is 3.73. The van der Waals surface area contributed by atoms with Crippen LogP contribution in [0.1, 0.15) is 12.0 Å². The smallest absolute Gasteiger partial charge is 0.124 e. The zero-order valence-corrected chi connectivity index (χ0v) is 7.07. The van der Waals surface area contributed by atoms with Crippen molar-refractivity contribution >= 4 is 6.08 Å². The third kappa shape index (κ3) is 2.87. The Morgan fingerprint density at radius 3 is 2.85 bits per heavy atom. The predicted octanol–water partition coefficient (Wildman–Crippen LogP) is 1.93. The molecule has 0 bridgehead atoms. The van der Waals surface area contributed by atoms with Crippen molar-refractivity contribution in [2.45, 2.75) is 6.42 Å². The average Bonchev–Trinajstić information content (AvgIpc) is 2.11. The molecule has 0 radical (unpaired) electrons. The second-order valence-electron chi connectivity index (χ2n) is 2.62. The molecule has 70 valence electrons. The van der Waals surface area contributed by atoms with Crippen molar-refractivity contribution in [2.75, 3.05) is 6.61 Å². The van der Waals surface area contributed by atoms with E-state index in [-0.39, 0.29) is 18.2 Å². The van der Waals surface area contributed by atoms with Crippen molar-refractivity contribution in [1.29, 1.82) is 0 Å². The number of aliphatic hydroxyl groups is 1. The maximum absolute atomic E-state index is 12.7. The van der Waals surface area contributed by atoms with Gasteiger partial charge in [0.2, 0.25) is 0 Å². The zero-order valence-electron chi connectivity index (χ0n) is 7.07. The van der Waals surface area contributed by atoms with Gasteiger partial charge in [0.1, 0.15) is 11.6 Å². The molecular formula is C10H11FO2. The minimum Gasteiger partial charge on any atom is -0.507 e. The maximum Gasteiger partial charge on any atom is 0.124 e. The Morgan fingerprint density at radius 1 is 1.38 bits per heavy atom. The van der Waals surface area contributed by atoms with E-state index in [0.29, 0.717) is 12.0 Å². The summed E-state index contributed by atoms with van der Waals surface area (Å²) in [7, 11) is 0. The van der Waals surface area contributed by atoms with E-state index in [1.165, 1.54) is 18.2 Å². The van der Waals surface area contributed by atoms with E-state index in [1.807, 2.05) is 0 Å². The van der Waals surface area contributed by atoms with E-state index in [0.717, 1.165) is 0 Å². The Kier molecular flexibility index (Phi) is 3.46. The Balaban J connectivity index is 2.81. The van der Waals surface area contributed by atoms with Crippen LogP contribution in [0, 0.1) is 5.82 Å². The number of rotatable bonds is 3. The first kappa shape index (κ1) is 9.74. The van der Waals surface area contributed by atoms with Gasteiger partial charge >= 0.3 is 0 Å². The van der Waals surface area contributed by atoms with Crippen LogP contribution in [0.2, 0.25) is 0 Å². The van der Waals surface area contributed by atoms with Crippen LogP contribution in [0.5, 0.6) is 5.75 Å². The molecule has 0 fully saturated rings. The molecular weight excluding hydrogens is 171 g/mol. The highest BCUT2D eigenvalue weighted by Crippen LogP contribution is 2.19. The van der Waals surface area contributed by atoms with Crippen LogP contribution in [0.4, 0.5) is 4.39 Å². The third-order valence-electron chi connectivity index (χ3n) is 1.58. The molecule has 3 heteroatoms. The minimum atomic E-state index is -0.388. The summed E-state index contributed by atoms with van der Waals surface area (Å²) in [4.78, 5) is 0. The lowest BCUT2D eigenvalue weighted by Crippen LogP contribution is -1.79. The van der Waals surface area contributed by atoms with Gasteiger partial charge in [-0.05, 0) is 24.6 Å². The summed E-state index contributed by atoms with van der Waals surface area (Å²) < 4.78 is 12.7. The molecule has 0 saturated heterocycles. The van der Waals surface area contributed by atoms with E-state index in [9.17, 15) is 9.50 Å². The molecule has 1 aromatic carbocycles. The van der Waals surface area contributed by atoms with Crippen molar-refractivity contribution in [3.63, 3.8) is 0 Å². The molecule has 0 aromatic heterocycles. The predicted molar refractivity (Wildman–Crippen MR) is 48.8 cm³/mol. The molecule has 0 aliphatic carbocycles. The third-order valence-corrected chi connectivity index (χ3v) is 1.58. The molecule has 2 N–H and O–H groups in total. The van der Waals surface area contributed by atoms with Gasteiger partial charge in [-0.15, -0.1) is 0 Å². The average molecular weight is 182 g/mol. The lowest BCUT2D eigenvalue weighted by atomic mass is 10.1. The Bertz CT molecular complexity index is 308. The van der Waals surface area contributed by atoms with Crippen LogP contribution in [0.25, 0.3) is 6.08 Å². The van der Waals surface area contributed by atoms with E-state index in [1.54, 1.807) is 12.2 Å². The topological polar surface area (TPSA) is 40.5 Å². The molecule has 0 spiro atoms. The number of phenolic OH excluding ortho intramolecular Hbond substituents is 1. The largest absolute Gasteiger partial charge is 0.507 e. The number of phenols is 1. The van der Waals surface area contributed by atoms with Crippen molar-refractivity contribution in [1.82, 2.24) is 0 Å². The molecule has 0 unspecified atom stereocenters. The van der Waals surface area contributed by atoms with Crippen LogP contribution in [0.15, 0.2) is 24.3 Å². The molecule has 0 atom stereocenters. The Morgan fingerprint density at radius 2 is 2.15 bits per heavy atom. The molecule has 0 saturated carbocycles. The molecule has 13 heavy (non-hydrogen) atoms. The fourth-order valence-electron chi connectivity index (χ4n) is 0.944. The molecule has 0 heterocycles. The number of halogens is 1. The maximum atomic E-state index is 12.7. The highest BCUT2D eigenvalue weighted by molar-refractivity contribution is 5.56. The lowest BCUT2D eigenvalue weighted by molar-refractivity contribution is 0.303. The molecule has 2 nitrogen and oxygen atoms in total. The van der Waals surface area contributed by atoms with Gasteiger partial charge in [-0.25, -0.2) is 4.39 Å². The van der Waals surface area contributed by atoms with Crippen LogP contribution in [0.3, 0.4) is 0 Å². The van der Waals surface area contributed by atoms with Gasteiger partial charge in [-0.1, -0.05) is 12.2 Å². The van der Waals surface area contributed by atoms with E-state index in [4.69, 9.17) is 5.11 Å². The first-order chi connectivity index (χ1) is 6.24. The second kappa shape index (κ2) is 4.62. The van der Waals surface area contributed by atoms with Crippen LogP contribution in [-0.4, -0.2) is 16.8 Å². The van der Waals surface area contributed by atoms with Crippen LogP contribution < -0.4 is 0 Å². The van der Waals surface area contributed by atoms with Crippen molar-refractivity contribution in [2.24, 2.45) is 0 Å². The molecule has 1 aromatic rings. The van der Waals surface area contributed by atoms with Crippen molar-refractivity contribution in [3.8, 4) is 5.75 Å². The summed E-state index contributed by atoms with van der Waals surface area (Å²) in [5.74, 6) is -0.350. The normalized spacial score (nSPS) is 10.9. The number of hydrogen-bond acceptors (Lipinski definition) is 2. The molecule has 0 aliphatic heterocycles. The fraction of sp³-hybridized carbons (Fsp3) is 0.200. The van der Waals surface area contributed by atoms with E-state index < -0.39 is 0 Å². The number of aromatic hydroxyl groups is 1. The molecule has 0 aliphatic rings. The van der Waals surface area contributed by atoms with Crippen molar-refractivity contribution in [3.05, 3.63) is 35.7 Å². The van der Waals surface area contributed by atoms with E-state index >= 15 is 0 Å². The molecule has 1 rings (SSSR count). The number of aliphatic hydroxyl groups excluding tert-OH is 1. The monoisotopic (exact) mass is 182 g/mol. The number of benzene rings is 1. The fourth-order valence-corrected chi connectivity index (χ4v) is 0.944. The van der Waals surface area contributed by atoms with Gasteiger partial charge < -0.3 is 10.2 Å². The quantitative estimate of drug-likeness (QED) is 0.749. The lowest BCUT2D eigenvalue weighted by Gasteiger charge is -1.97. The highest BCUT2D eigenvalue weighted by atomic mass is 19.1. The van der Waals surface area contributed by atoms with Gasteiger partial charge in [-0.3, -0.25) is 0 Å². The first-order valence-corrected chi connectivity index (χ1v) is 4.00. The summed E-state index contributed by atoms with van der Waals surface area (Å²) in [6.07, 6.45) is 3.75. The van der Waals surface area contributed by atoms with E-state index in [2.05, 4.69) is 0 Å². The van der Waals surface area contributed by atoms with Crippen molar-refractivity contribution < 1.29 is 14.6 Å². The zero-order chi connectivity index (χ0) is 9.68. The summed E-state index contributed by atoms with van der Waals surface area (Å²) >= 11 is 0. The van der Waals surface area contributed by atoms with Gasteiger partial charge in [0.05, 0.1) is 0 Å². The second-order valence-corrected chi connectivity index (χ2v) is 2.62. The van der Waals surface area contributed by atoms with Crippen LogP contribution in [-0.2, 0) is 0 Å². The SMILES string of the molecule is OCCC=Cc1cc(F)ccc1O. The Hall–Kier alpha value is -1.35. The van der Waals surface area contributed by atoms with Crippen LogP contribution >= 0.6 is 0 Å². The first-order valence-electron chi connectivity index (χ1n) is 4.00.